The highest BCUT2D eigenvalue weighted by Gasteiger charge is 2.57. The lowest BCUT2D eigenvalue weighted by Crippen LogP contribution is -2.41. The molecule has 2 aliphatic rings. The van der Waals surface area contributed by atoms with Crippen LogP contribution in [0.2, 0.25) is 0 Å². The van der Waals surface area contributed by atoms with Crippen LogP contribution >= 0.6 is 12.4 Å². The smallest absolute Gasteiger partial charge is 0.316 e. The van der Waals surface area contributed by atoms with E-state index in [4.69, 9.17) is 9.47 Å². The van der Waals surface area contributed by atoms with Gasteiger partial charge in [0.2, 0.25) is 0 Å². The van der Waals surface area contributed by atoms with E-state index < -0.39 is 29.4 Å². The summed E-state index contributed by atoms with van der Waals surface area (Å²) in [6, 6.07) is 1.03. The summed E-state index contributed by atoms with van der Waals surface area (Å²) in [6.07, 6.45) is -2.72. The number of carbonyl (C=O) groups is 2. The standard InChI is InChI=1S/C13H15F2N3O4.ClH/c1-21-12(20)13-5-18(3-7(13)4-22-6-13)11(19)9-2-8(10(14)15)16-17-9;/h2,7,10H,3-6H2,1H3,(H,16,17);1H/t7-,13-;/m0./s1. The van der Waals surface area contributed by atoms with E-state index in [0.717, 1.165) is 6.07 Å². The maximum Gasteiger partial charge on any atom is 0.316 e. The number of hydrogen-bond acceptors (Lipinski definition) is 5. The van der Waals surface area contributed by atoms with E-state index in [2.05, 4.69) is 10.2 Å². The van der Waals surface area contributed by atoms with Gasteiger partial charge < -0.3 is 14.4 Å². The van der Waals surface area contributed by atoms with Crippen LogP contribution in [-0.2, 0) is 14.3 Å². The van der Waals surface area contributed by atoms with Crippen molar-refractivity contribution in [2.45, 2.75) is 6.43 Å². The largest absolute Gasteiger partial charge is 0.468 e. The van der Waals surface area contributed by atoms with Gasteiger partial charge in [-0.2, -0.15) is 5.10 Å². The lowest BCUT2D eigenvalue weighted by Gasteiger charge is -2.23. The first kappa shape index (κ1) is 17.6. The molecule has 3 heterocycles. The number of aromatic amines is 1. The summed E-state index contributed by atoms with van der Waals surface area (Å²) in [5, 5.41) is 5.76. The number of amides is 1. The predicted molar refractivity (Wildman–Crippen MR) is 75.5 cm³/mol. The van der Waals surface area contributed by atoms with Gasteiger partial charge in [0.25, 0.3) is 12.3 Å². The molecule has 1 aromatic rings. The summed E-state index contributed by atoms with van der Waals surface area (Å²) >= 11 is 0. The van der Waals surface area contributed by atoms with Crippen molar-refractivity contribution in [1.82, 2.24) is 15.1 Å². The fourth-order valence-electron chi connectivity index (χ4n) is 3.10. The topological polar surface area (TPSA) is 84.5 Å². The number of H-pyrrole nitrogens is 1. The Morgan fingerprint density at radius 3 is 2.91 bits per heavy atom. The first-order chi connectivity index (χ1) is 10.5. The third kappa shape index (κ3) is 2.78. The number of halogens is 3. The summed E-state index contributed by atoms with van der Waals surface area (Å²) in [7, 11) is 1.29. The van der Waals surface area contributed by atoms with Crippen molar-refractivity contribution < 1.29 is 27.8 Å². The molecule has 2 fully saturated rings. The maximum absolute atomic E-state index is 12.5. The third-order valence-corrected chi connectivity index (χ3v) is 4.30. The quantitative estimate of drug-likeness (QED) is 0.822. The van der Waals surface area contributed by atoms with Crippen LogP contribution in [0.4, 0.5) is 8.78 Å². The number of fused-ring (bicyclic) bond motifs is 1. The number of nitrogens with zero attached hydrogens (tertiary/aromatic N) is 2. The third-order valence-electron chi connectivity index (χ3n) is 4.30. The Labute approximate surface area is 136 Å². The van der Waals surface area contributed by atoms with E-state index in [1.807, 2.05) is 0 Å². The minimum atomic E-state index is -2.72. The van der Waals surface area contributed by atoms with Gasteiger partial charge in [0.05, 0.1) is 20.3 Å². The Balaban J connectivity index is 0.00000192. The lowest BCUT2D eigenvalue weighted by molar-refractivity contribution is -0.153. The molecule has 0 spiro atoms. The number of ether oxygens (including phenoxy) is 2. The van der Waals surface area contributed by atoms with E-state index in [1.54, 1.807) is 0 Å². The number of likely N-dealkylation sites (tertiary alicyclic amines) is 1. The summed E-state index contributed by atoms with van der Waals surface area (Å²) in [5.41, 5.74) is -1.36. The molecule has 1 amide bonds. The van der Waals surface area contributed by atoms with Gasteiger partial charge in [0.15, 0.2) is 5.69 Å². The van der Waals surface area contributed by atoms with Crippen molar-refractivity contribution in [2.24, 2.45) is 11.3 Å². The molecule has 3 rings (SSSR count). The highest BCUT2D eigenvalue weighted by atomic mass is 35.5. The average molecular weight is 352 g/mol. The second-order valence-corrected chi connectivity index (χ2v) is 5.55. The maximum atomic E-state index is 12.5. The average Bonchev–Trinajstić information content (AvgIpc) is 3.18. The van der Waals surface area contributed by atoms with Gasteiger partial charge in [-0.3, -0.25) is 14.7 Å². The van der Waals surface area contributed by atoms with Gasteiger partial charge in [-0.25, -0.2) is 8.78 Å². The Morgan fingerprint density at radius 1 is 1.57 bits per heavy atom. The number of esters is 1. The molecule has 1 aromatic heterocycles. The Hall–Kier alpha value is -1.74. The number of aromatic nitrogens is 2. The number of carbonyl (C=O) groups excluding carboxylic acids is 2. The minimum Gasteiger partial charge on any atom is -0.468 e. The Kier molecular flexibility index (Phi) is 4.90. The lowest BCUT2D eigenvalue weighted by atomic mass is 9.81. The summed E-state index contributed by atoms with van der Waals surface area (Å²) in [5.74, 6) is -1.06. The monoisotopic (exact) mass is 351 g/mol. The number of alkyl halides is 2. The molecule has 0 bridgehead atoms. The molecule has 10 heteroatoms. The van der Waals surface area contributed by atoms with Gasteiger partial charge in [-0.05, 0) is 6.07 Å². The zero-order valence-corrected chi connectivity index (χ0v) is 13.1. The molecule has 2 saturated heterocycles. The number of hydrogen-bond donors (Lipinski definition) is 1. The van der Waals surface area contributed by atoms with Crippen LogP contribution in [0.3, 0.4) is 0 Å². The van der Waals surface area contributed by atoms with Crippen LogP contribution < -0.4 is 0 Å². The molecule has 0 saturated carbocycles. The van der Waals surface area contributed by atoms with Crippen molar-refractivity contribution in [3.05, 3.63) is 17.5 Å². The van der Waals surface area contributed by atoms with Crippen LogP contribution in [-0.4, -0.2) is 60.4 Å². The van der Waals surface area contributed by atoms with Crippen LogP contribution in [0.1, 0.15) is 22.6 Å². The Bertz CT molecular complexity index is 612. The van der Waals surface area contributed by atoms with Crippen LogP contribution in [0.25, 0.3) is 0 Å². The van der Waals surface area contributed by atoms with Crippen molar-refractivity contribution >= 4 is 24.3 Å². The van der Waals surface area contributed by atoms with Gasteiger partial charge in [-0.1, -0.05) is 0 Å². The van der Waals surface area contributed by atoms with Crippen molar-refractivity contribution in [3.63, 3.8) is 0 Å². The SMILES string of the molecule is COC(=O)[C@@]12COC[C@@H]1CN(C(=O)c1cc(C(F)F)[nH]n1)C2.Cl. The second kappa shape index (κ2) is 6.40. The fourth-order valence-corrected chi connectivity index (χ4v) is 3.10. The highest BCUT2D eigenvalue weighted by Crippen LogP contribution is 2.42. The summed E-state index contributed by atoms with van der Waals surface area (Å²) in [6.45, 7) is 1.00. The zero-order chi connectivity index (χ0) is 15.9. The van der Waals surface area contributed by atoms with E-state index in [9.17, 15) is 18.4 Å². The molecule has 2 atom stereocenters. The zero-order valence-electron chi connectivity index (χ0n) is 12.3. The van der Waals surface area contributed by atoms with Gasteiger partial charge in [-0.15, -0.1) is 12.4 Å². The number of nitrogens with one attached hydrogen (secondary N) is 1. The fraction of sp³-hybridized carbons (Fsp3) is 0.615. The second-order valence-electron chi connectivity index (χ2n) is 5.55. The molecule has 1 N–H and O–H groups in total. The summed E-state index contributed by atoms with van der Waals surface area (Å²) in [4.78, 5) is 25.9. The molecular weight excluding hydrogens is 336 g/mol. The number of rotatable bonds is 3. The van der Waals surface area contributed by atoms with Crippen LogP contribution in [0.5, 0.6) is 0 Å². The van der Waals surface area contributed by atoms with E-state index in [-0.39, 0.29) is 37.2 Å². The molecule has 0 aliphatic carbocycles. The molecule has 0 radical (unpaired) electrons. The molecule has 2 aliphatic heterocycles. The van der Waals surface area contributed by atoms with Gasteiger partial charge in [0, 0.05) is 19.0 Å². The first-order valence-corrected chi connectivity index (χ1v) is 6.77. The molecule has 23 heavy (non-hydrogen) atoms. The van der Waals surface area contributed by atoms with E-state index >= 15 is 0 Å². The van der Waals surface area contributed by atoms with Crippen molar-refractivity contribution in [3.8, 4) is 0 Å². The molecular formula is C13H16ClF2N3O4. The first-order valence-electron chi connectivity index (χ1n) is 6.77. The van der Waals surface area contributed by atoms with E-state index in [0.29, 0.717) is 13.2 Å². The van der Waals surface area contributed by atoms with Gasteiger partial charge >= 0.3 is 5.97 Å². The van der Waals surface area contributed by atoms with Crippen LogP contribution in [0, 0.1) is 11.3 Å². The summed E-state index contributed by atoms with van der Waals surface area (Å²) < 4.78 is 35.3. The molecule has 128 valence electrons. The van der Waals surface area contributed by atoms with Crippen molar-refractivity contribution in [1.29, 1.82) is 0 Å². The molecule has 0 aromatic carbocycles. The van der Waals surface area contributed by atoms with Crippen molar-refractivity contribution in [2.75, 3.05) is 33.4 Å². The molecule has 7 nitrogen and oxygen atoms in total. The number of methoxy groups -OCH3 is 1. The Morgan fingerprint density at radius 2 is 2.30 bits per heavy atom. The van der Waals surface area contributed by atoms with E-state index in [1.165, 1.54) is 12.0 Å². The van der Waals surface area contributed by atoms with Gasteiger partial charge in [0.1, 0.15) is 11.1 Å². The highest BCUT2D eigenvalue weighted by molar-refractivity contribution is 5.93. The minimum absolute atomic E-state index is 0. The molecule has 0 unspecified atom stereocenters. The predicted octanol–water partition coefficient (Wildman–Crippen LogP) is 1.03. The normalized spacial score (nSPS) is 26.1. The van der Waals surface area contributed by atoms with Crippen LogP contribution in [0.15, 0.2) is 6.07 Å².